The number of halogens is 2. The molecule has 1 atom stereocenters. The second kappa shape index (κ2) is 3.51. The Hall–Kier alpha value is -1.98. The van der Waals surface area contributed by atoms with Gasteiger partial charge < -0.3 is 11.5 Å². The van der Waals surface area contributed by atoms with E-state index in [0.29, 0.717) is 6.07 Å². The van der Waals surface area contributed by atoms with Crippen molar-refractivity contribution in [1.29, 1.82) is 0 Å². The first-order valence-corrected chi connectivity index (χ1v) is 4.94. The van der Waals surface area contributed by atoms with Gasteiger partial charge in [-0.15, -0.1) is 0 Å². The number of primary amides is 2. The van der Waals surface area contributed by atoms with Crippen LogP contribution in [0.1, 0.15) is 17.9 Å². The van der Waals surface area contributed by atoms with Crippen LogP contribution in [0.3, 0.4) is 0 Å². The van der Waals surface area contributed by atoms with Crippen molar-refractivity contribution >= 4 is 11.8 Å². The zero-order valence-electron chi connectivity index (χ0n) is 8.74. The molecular formula is C11H10F2N2O2. The Balaban J connectivity index is 2.39. The lowest BCUT2D eigenvalue weighted by Gasteiger charge is -2.09. The molecule has 0 saturated heterocycles. The lowest BCUT2D eigenvalue weighted by atomic mass is 9.97. The fourth-order valence-corrected chi connectivity index (χ4v) is 2.09. The summed E-state index contributed by atoms with van der Waals surface area (Å²) in [7, 11) is 0. The predicted octanol–water partition coefficient (Wildman–Crippen LogP) is 0.409. The van der Waals surface area contributed by atoms with Crippen molar-refractivity contribution < 1.29 is 18.4 Å². The minimum Gasteiger partial charge on any atom is -0.369 e. The van der Waals surface area contributed by atoms with E-state index in [0.717, 1.165) is 6.07 Å². The molecule has 0 aliphatic heterocycles. The van der Waals surface area contributed by atoms with Crippen molar-refractivity contribution in [2.24, 2.45) is 16.9 Å². The molecule has 90 valence electrons. The summed E-state index contributed by atoms with van der Waals surface area (Å²) < 4.78 is 26.2. The van der Waals surface area contributed by atoms with Crippen LogP contribution in [-0.2, 0) is 9.59 Å². The lowest BCUT2D eigenvalue weighted by molar-refractivity contribution is -0.133. The highest BCUT2D eigenvalue weighted by Crippen LogP contribution is 2.59. The first kappa shape index (κ1) is 11.5. The smallest absolute Gasteiger partial charge is 0.233 e. The molecule has 0 heterocycles. The van der Waals surface area contributed by atoms with Crippen LogP contribution in [0.2, 0.25) is 0 Å². The molecule has 1 aromatic carbocycles. The van der Waals surface area contributed by atoms with Gasteiger partial charge in [-0.2, -0.15) is 0 Å². The molecule has 2 rings (SSSR count). The molecule has 2 amide bonds. The van der Waals surface area contributed by atoms with Crippen LogP contribution in [0.5, 0.6) is 0 Å². The topological polar surface area (TPSA) is 86.2 Å². The molecule has 1 saturated carbocycles. The van der Waals surface area contributed by atoms with Gasteiger partial charge in [0, 0.05) is 12.0 Å². The maximum Gasteiger partial charge on any atom is 0.233 e. The lowest BCUT2D eigenvalue weighted by Crippen LogP contribution is -2.38. The molecular weight excluding hydrogens is 230 g/mol. The molecule has 17 heavy (non-hydrogen) atoms. The maximum absolute atomic E-state index is 13.5. The standard InChI is InChI=1S/C11H10F2N2O2/c12-5-1-2-6(8(13)3-5)7-4-11(7,9(14)16)10(15)17/h1-3,7H,4H2,(H2,14,16)(H2,15,17). The molecule has 4 N–H and O–H groups in total. The van der Waals surface area contributed by atoms with Crippen LogP contribution >= 0.6 is 0 Å². The normalized spacial score (nSPS) is 20.9. The first-order valence-electron chi connectivity index (χ1n) is 4.94. The second-order valence-corrected chi connectivity index (χ2v) is 4.12. The van der Waals surface area contributed by atoms with Crippen molar-refractivity contribution in [3.63, 3.8) is 0 Å². The summed E-state index contributed by atoms with van der Waals surface area (Å²) in [5.74, 6) is -3.98. The number of amides is 2. The monoisotopic (exact) mass is 240 g/mol. The number of carbonyl (C=O) groups excluding carboxylic acids is 2. The highest BCUT2D eigenvalue weighted by Gasteiger charge is 2.65. The van der Waals surface area contributed by atoms with Gasteiger partial charge in [0.1, 0.15) is 17.0 Å². The Morgan fingerprint density at radius 1 is 1.24 bits per heavy atom. The van der Waals surface area contributed by atoms with Crippen LogP contribution < -0.4 is 11.5 Å². The number of nitrogens with two attached hydrogens (primary N) is 2. The van der Waals surface area contributed by atoms with Crippen molar-refractivity contribution in [3.05, 3.63) is 35.4 Å². The van der Waals surface area contributed by atoms with Crippen LogP contribution in [0, 0.1) is 17.0 Å². The number of hydrogen-bond donors (Lipinski definition) is 2. The van der Waals surface area contributed by atoms with Crippen molar-refractivity contribution in [3.8, 4) is 0 Å². The van der Waals surface area contributed by atoms with Gasteiger partial charge in [0.05, 0.1) is 0 Å². The summed E-state index contributed by atoms with van der Waals surface area (Å²) in [5.41, 5.74) is 8.77. The Bertz CT molecular complexity index is 502. The molecule has 0 spiro atoms. The second-order valence-electron chi connectivity index (χ2n) is 4.12. The van der Waals surface area contributed by atoms with Crippen molar-refractivity contribution in [1.82, 2.24) is 0 Å². The van der Waals surface area contributed by atoms with Gasteiger partial charge in [-0.1, -0.05) is 6.07 Å². The van der Waals surface area contributed by atoms with Gasteiger partial charge in [-0.25, -0.2) is 8.78 Å². The highest BCUT2D eigenvalue weighted by atomic mass is 19.1. The first-order chi connectivity index (χ1) is 7.89. The minimum atomic E-state index is -1.53. The average molecular weight is 240 g/mol. The third kappa shape index (κ3) is 1.56. The van der Waals surface area contributed by atoms with Gasteiger partial charge in [0.15, 0.2) is 0 Å². The molecule has 1 aliphatic rings. The maximum atomic E-state index is 13.5. The van der Waals surface area contributed by atoms with Crippen LogP contribution in [0.25, 0.3) is 0 Å². The number of carbonyl (C=O) groups is 2. The van der Waals surface area contributed by atoms with E-state index in [1.165, 1.54) is 6.07 Å². The van der Waals surface area contributed by atoms with Gasteiger partial charge >= 0.3 is 0 Å². The fraction of sp³-hybridized carbons (Fsp3) is 0.273. The highest BCUT2D eigenvalue weighted by molar-refractivity contribution is 6.08. The predicted molar refractivity (Wildman–Crippen MR) is 54.5 cm³/mol. The average Bonchev–Trinajstić information content (AvgIpc) is 2.93. The van der Waals surface area contributed by atoms with Crippen LogP contribution in [0.4, 0.5) is 8.78 Å². The quantitative estimate of drug-likeness (QED) is 0.749. The Morgan fingerprint density at radius 3 is 2.24 bits per heavy atom. The van der Waals surface area contributed by atoms with E-state index in [4.69, 9.17) is 11.5 Å². The summed E-state index contributed by atoms with van der Waals surface area (Å²) in [6.07, 6.45) is 0.0697. The molecule has 1 aliphatic carbocycles. The molecule has 6 heteroatoms. The van der Waals surface area contributed by atoms with Crippen LogP contribution in [0.15, 0.2) is 18.2 Å². The third-order valence-electron chi connectivity index (χ3n) is 3.18. The zero-order valence-corrected chi connectivity index (χ0v) is 8.74. The molecule has 0 radical (unpaired) electrons. The molecule has 1 fully saturated rings. The summed E-state index contributed by atoms with van der Waals surface area (Å²) in [6.45, 7) is 0. The Morgan fingerprint density at radius 2 is 1.82 bits per heavy atom. The minimum absolute atomic E-state index is 0.0697. The van der Waals surface area contributed by atoms with Gasteiger partial charge in [0.25, 0.3) is 0 Å². The summed E-state index contributed by atoms with van der Waals surface area (Å²) in [5, 5.41) is 0. The van der Waals surface area contributed by atoms with E-state index in [1.807, 2.05) is 0 Å². The molecule has 4 nitrogen and oxygen atoms in total. The Kier molecular flexibility index (Phi) is 2.38. The summed E-state index contributed by atoms with van der Waals surface area (Å²) in [6, 6.07) is 2.95. The number of rotatable bonds is 3. The van der Waals surface area contributed by atoms with Crippen molar-refractivity contribution in [2.45, 2.75) is 12.3 Å². The van der Waals surface area contributed by atoms with Crippen molar-refractivity contribution in [2.75, 3.05) is 0 Å². The van der Waals surface area contributed by atoms with Gasteiger partial charge in [0.2, 0.25) is 11.8 Å². The SMILES string of the molecule is NC(=O)C1(C(N)=O)CC1c1ccc(F)cc1F. The van der Waals surface area contributed by atoms with E-state index < -0.39 is 34.8 Å². The molecule has 1 aromatic rings. The third-order valence-corrected chi connectivity index (χ3v) is 3.18. The Labute approximate surface area is 95.6 Å². The summed E-state index contributed by atoms with van der Waals surface area (Å²) in [4.78, 5) is 22.4. The van der Waals surface area contributed by atoms with Gasteiger partial charge in [-0.05, 0) is 18.1 Å². The molecule has 0 aromatic heterocycles. The molecule has 1 unspecified atom stereocenters. The summed E-state index contributed by atoms with van der Waals surface area (Å²) >= 11 is 0. The number of benzene rings is 1. The van der Waals surface area contributed by atoms with Gasteiger partial charge in [-0.3, -0.25) is 9.59 Å². The van der Waals surface area contributed by atoms with E-state index in [-0.39, 0.29) is 12.0 Å². The molecule has 0 bridgehead atoms. The largest absolute Gasteiger partial charge is 0.369 e. The number of hydrogen-bond acceptors (Lipinski definition) is 2. The van der Waals surface area contributed by atoms with E-state index in [9.17, 15) is 18.4 Å². The van der Waals surface area contributed by atoms with E-state index in [2.05, 4.69) is 0 Å². The van der Waals surface area contributed by atoms with E-state index >= 15 is 0 Å². The zero-order chi connectivity index (χ0) is 12.8. The fourth-order valence-electron chi connectivity index (χ4n) is 2.09. The van der Waals surface area contributed by atoms with Crippen LogP contribution in [-0.4, -0.2) is 11.8 Å². The van der Waals surface area contributed by atoms with E-state index in [1.54, 1.807) is 0 Å².